The number of anilines is 2. The Morgan fingerprint density at radius 1 is 0.867 bits per heavy atom. The van der Waals surface area contributed by atoms with Crippen molar-refractivity contribution in [1.82, 2.24) is 15.3 Å². The molecule has 5 heteroatoms. The predicted molar refractivity (Wildman–Crippen MR) is 126 cm³/mol. The SMILES string of the molecule is CCc1ccccc1CNC1CCC(Nc2nc(N(C)C)c3ccccc3n2)CC1. The van der Waals surface area contributed by atoms with E-state index in [1.807, 2.05) is 26.2 Å². The number of aromatic nitrogens is 2. The largest absolute Gasteiger partial charge is 0.362 e. The summed E-state index contributed by atoms with van der Waals surface area (Å²) < 4.78 is 0. The molecule has 1 saturated carbocycles. The molecule has 0 atom stereocenters. The fraction of sp³-hybridized carbons (Fsp3) is 0.440. The highest BCUT2D eigenvalue weighted by Crippen LogP contribution is 2.26. The standard InChI is InChI=1S/C25H33N5/c1-4-18-9-5-6-10-19(18)17-26-20-13-15-21(16-14-20)27-25-28-23-12-8-7-11-22(23)24(29-25)30(2)3/h5-12,20-21,26H,4,13-17H2,1-3H3,(H,27,28,29). The third kappa shape index (κ3) is 4.73. The molecule has 2 N–H and O–H groups in total. The number of hydrogen-bond acceptors (Lipinski definition) is 5. The van der Waals surface area contributed by atoms with Gasteiger partial charge in [-0.05, 0) is 55.4 Å². The number of aryl methyl sites for hydroxylation is 1. The summed E-state index contributed by atoms with van der Waals surface area (Å²) >= 11 is 0. The summed E-state index contributed by atoms with van der Waals surface area (Å²) in [6, 6.07) is 18.0. The number of nitrogens with zero attached hydrogens (tertiary/aromatic N) is 3. The van der Waals surface area contributed by atoms with E-state index in [0.717, 1.165) is 48.5 Å². The second-order valence-electron chi connectivity index (χ2n) is 8.48. The molecular weight excluding hydrogens is 370 g/mol. The molecule has 158 valence electrons. The van der Waals surface area contributed by atoms with Crippen molar-refractivity contribution in [3.8, 4) is 0 Å². The van der Waals surface area contributed by atoms with E-state index in [9.17, 15) is 0 Å². The number of fused-ring (bicyclic) bond motifs is 1. The highest BCUT2D eigenvalue weighted by atomic mass is 15.2. The van der Waals surface area contributed by atoms with Gasteiger partial charge in [0.1, 0.15) is 5.82 Å². The molecule has 2 aromatic carbocycles. The van der Waals surface area contributed by atoms with Crippen molar-refractivity contribution in [3.63, 3.8) is 0 Å². The molecule has 0 aliphatic heterocycles. The lowest BCUT2D eigenvalue weighted by Crippen LogP contribution is -2.37. The van der Waals surface area contributed by atoms with Crippen molar-refractivity contribution in [2.45, 2.75) is 57.7 Å². The Hall–Kier alpha value is -2.66. The molecule has 0 unspecified atom stereocenters. The molecule has 1 heterocycles. The molecule has 5 nitrogen and oxygen atoms in total. The molecule has 0 radical (unpaired) electrons. The first kappa shape index (κ1) is 20.6. The van der Waals surface area contributed by atoms with E-state index in [2.05, 4.69) is 58.9 Å². The minimum Gasteiger partial charge on any atom is -0.362 e. The van der Waals surface area contributed by atoms with Gasteiger partial charge < -0.3 is 15.5 Å². The first-order valence-corrected chi connectivity index (χ1v) is 11.1. The average molecular weight is 404 g/mol. The zero-order valence-corrected chi connectivity index (χ0v) is 18.4. The number of hydrogen-bond donors (Lipinski definition) is 2. The summed E-state index contributed by atoms with van der Waals surface area (Å²) in [5.41, 5.74) is 3.87. The Bertz CT molecular complexity index is 976. The van der Waals surface area contributed by atoms with Crippen LogP contribution < -0.4 is 15.5 Å². The van der Waals surface area contributed by atoms with Gasteiger partial charge in [-0.25, -0.2) is 4.98 Å². The van der Waals surface area contributed by atoms with E-state index < -0.39 is 0 Å². The highest BCUT2D eigenvalue weighted by molar-refractivity contribution is 5.90. The van der Waals surface area contributed by atoms with Gasteiger partial charge in [0.2, 0.25) is 5.95 Å². The lowest BCUT2D eigenvalue weighted by molar-refractivity contribution is 0.352. The van der Waals surface area contributed by atoms with E-state index in [-0.39, 0.29) is 0 Å². The van der Waals surface area contributed by atoms with E-state index in [1.165, 1.54) is 24.0 Å². The van der Waals surface area contributed by atoms with E-state index in [4.69, 9.17) is 9.97 Å². The van der Waals surface area contributed by atoms with E-state index >= 15 is 0 Å². The van der Waals surface area contributed by atoms with Crippen molar-refractivity contribution >= 4 is 22.7 Å². The zero-order chi connectivity index (χ0) is 20.9. The number of nitrogens with one attached hydrogen (secondary N) is 2. The molecule has 1 aliphatic carbocycles. The second kappa shape index (κ2) is 9.43. The fourth-order valence-electron chi connectivity index (χ4n) is 4.42. The van der Waals surface area contributed by atoms with Crippen LogP contribution in [0.3, 0.4) is 0 Å². The number of para-hydroxylation sites is 1. The van der Waals surface area contributed by atoms with Crippen LogP contribution in [0.15, 0.2) is 48.5 Å². The maximum Gasteiger partial charge on any atom is 0.225 e. The van der Waals surface area contributed by atoms with Crippen LogP contribution in [0, 0.1) is 0 Å². The predicted octanol–water partition coefficient (Wildman–Crippen LogP) is 4.77. The smallest absolute Gasteiger partial charge is 0.225 e. The van der Waals surface area contributed by atoms with Gasteiger partial charge in [-0.15, -0.1) is 0 Å². The van der Waals surface area contributed by atoms with Crippen LogP contribution in [-0.2, 0) is 13.0 Å². The van der Waals surface area contributed by atoms with Gasteiger partial charge in [0.25, 0.3) is 0 Å². The van der Waals surface area contributed by atoms with Crippen LogP contribution in [0.5, 0.6) is 0 Å². The third-order valence-corrected chi connectivity index (χ3v) is 6.15. The molecule has 0 saturated heterocycles. The average Bonchev–Trinajstić information content (AvgIpc) is 2.78. The minimum absolute atomic E-state index is 0.433. The Morgan fingerprint density at radius 2 is 1.53 bits per heavy atom. The molecule has 1 aromatic heterocycles. The monoisotopic (exact) mass is 403 g/mol. The summed E-state index contributed by atoms with van der Waals surface area (Å²) in [5, 5.41) is 8.47. The lowest BCUT2D eigenvalue weighted by atomic mass is 9.91. The van der Waals surface area contributed by atoms with Crippen LogP contribution in [0.25, 0.3) is 10.9 Å². The van der Waals surface area contributed by atoms with E-state index in [0.29, 0.717) is 12.1 Å². The van der Waals surface area contributed by atoms with Gasteiger partial charge >= 0.3 is 0 Å². The van der Waals surface area contributed by atoms with Crippen molar-refractivity contribution in [3.05, 3.63) is 59.7 Å². The number of rotatable bonds is 7. The molecule has 1 aliphatic rings. The maximum atomic E-state index is 4.80. The lowest BCUT2D eigenvalue weighted by Gasteiger charge is -2.30. The minimum atomic E-state index is 0.433. The van der Waals surface area contributed by atoms with Crippen molar-refractivity contribution in [1.29, 1.82) is 0 Å². The van der Waals surface area contributed by atoms with Gasteiger partial charge in [-0.1, -0.05) is 43.3 Å². The Balaban J connectivity index is 1.35. The number of benzene rings is 2. The molecular formula is C25H33N5. The molecule has 3 aromatic rings. The van der Waals surface area contributed by atoms with Crippen LogP contribution in [-0.4, -0.2) is 36.1 Å². The van der Waals surface area contributed by atoms with Gasteiger partial charge in [0.15, 0.2) is 0 Å². The molecule has 0 spiro atoms. The molecule has 0 bridgehead atoms. The summed E-state index contributed by atoms with van der Waals surface area (Å²) in [4.78, 5) is 11.6. The summed E-state index contributed by atoms with van der Waals surface area (Å²) in [6.07, 6.45) is 5.73. The zero-order valence-electron chi connectivity index (χ0n) is 18.4. The molecule has 30 heavy (non-hydrogen) atoms. The Kier molecular flexibility index (Phi) is 6.48. The van der Waals surface area contributed by atoms with Gasteiger partial charge in [-0.2, -0.15) is 4.98 Å². The quantitative estimate of drug-likeness (QED) is 0.595. The molecule has 4 rings (SSSR count). The van der Waals surface area contributed by atoms with Crippen LogP contribution in [0.2, 0.25) is 0 Å². The third-order valence-electron chi connectivity index (χ3n) is 6.15. The highest BCUT2D eigenvalue weighted by Gasteiger charge is 2.22. The topological polar surface area (TPSA) is 53.1 Å². The Morgan fingerprint density at radius 3 is 2.27 bits per heavy atom. The van der Waals surface area contributed by atoms with Crippen LogP contribution >= 0.6 is 0 Å². The van der Waals surface area contributed by atoms with Crippen LogP contribution in [0.1, 0.15) is 43.7 Å². The first-order chi connectivity index (χ1) is 14.6. The second-order valence-corrected chi connectivity index (χ2v) is 8.48. The molecule has 0 amide bonds. The normalized spacial score (nSPS) is 19.0. The summed E-state index contributed by atoms with van der Waals surface area (Å²) in [7, 11) is 4.07. The summed E-state index contributed by atoms with van der Waals surface area (Å²) in [6.45, 7) is 3.19. The van der Waals surface area contributed by atoms with Gasteiger partial charge in [0, 0.05) is 38.1 Å². The Labute approximate surface area is 179 Å². The van der Waals surface area contributed by atoms with Crippen LogP contribution in [0.4, 0.5) is 11.8 Å². The maximum absolute atomic E-state index is 4.80. The first-order valence-electron chi connectivity index (χ1n) is 11.1. The molecule has 1 fully saturated rings. The van der Waals surface area contributed by atoms with Crippen molar-refractivity contribution in [2.24, 2.45) is 0 Å². The fourth-order valence-corrected chi connectivity index (χ4v) is 4.42. The van der Waals surface area contributed by atoms with Crippen molar-refractivity contribution in [2.75, 3.05) is 24.3 Å². The van der Waals surface area contributed by atoms with Crippen molar-refractivity contribution < 1.29 is 0 Å². The van der Waals surface area contributed by atoms with E-state index in [1.54, 1.807) is 0 Å². The van der Waals surface area contributed by atoms with Gasteiger partial charge in [0.05, 0.1) is 5.52 Å². The van der Waals surface area contributed by atoms with Gasteiger partial charge in [-0.3, -0.25) is 0 Å². The summed E-state index contributed by atoms with van der Waals surface area (Å²) in [5.74, 6) is 1.71.